The summed E-state index contributed by atoms with van der Waals surface area (Å²) in [7, 11) is 0. The number of benzene rings is 2. The molecule has 2 aromatic heterocycles. The highest BCUT2D eigenvalue weighted by atomic mass is 16.5. The molecule has 0 saturated heterocycles. The van der Waals surface area contributed by atoms with Crippen LogP contribution in [0.25, 0.3) is 11.0 Å². The van der Waals surface area contributed by atoms with Gasteiger partial charge < -0.3 is 19.1 Å². The van der Waals surface area contributed by atoms with E-state index in [9.17, 15) is 4.79 Å². The molecule has 0 bridgehead atoms. The van der Waals surface area contributed by atoms with E-state index < -0.39 is 0 Å². The zero-order valence-electron chi connectivity index (χ0n) is 18.0. The average molecular weight is 445 g/mol. The first-order valence-corrected chi connectivity index (χ1v) is 10.8. The first-order chi connectivity index (χ1) is 16.3. The molecule has 1 aliphatic rings. The first kappa shape index (κ1) is 20.9. The van der Waals surface area contributed by atoms with Crippen LogP contribution >= 0.6 is 0 Å². The van der Waals surface area contributed by atoms with E-state index in [0.29, 0.717) is 50.3 Å². The number of hydrogen-bond acceptors (Lipinski definition) is 7. The molecule has 0 radical (unpaired) electrons. The van der Waals surface area contributed by atoms with E-state index in [1.807, 2.05) is 60.7 Å². The minimum absolute atomic E-state index is 0.0249. The quantitative estimate of drug-likeness (QED) is 0.468. The van der Waals surface area contributed by atoms with Gasteiger partial charge in [0.25, 0.3) is 0 Å². The smallest absolute Gasteiger partial charge is 0.246 e. The molecule has 168 valence electrons. The lowest BCUT2D eigenvalue weighted by molar-refractivity contribution is -0.133. The lowest BCUT2D eigenvalue weighted by Gasteiger charge is -2.23. The van der Waals surface area contributed by atoms with Gasteiger partial charge in [-0.15, -0.1) is 0 Å². The Bertz CT molecular complexity index is 1230. The van der Waals surface area contributed by atoms with Crippen molar-refractivity contribution in [2.75, 3.05) is 26.4 Å². The van der Waals surface area contributed by atoms with Gasteiger partial charge in [-0.2, -0.15) is 15.0 Å². The monoisotopic (exact) mass is 445 g/mol. The predicted molar refractivity (Wildman–Crippen MR) is 120 cm³/mol. The van der Waals surface area contributed by atoms with Crippen molar-refractivity contribution in [1.29, 1.82) is 0 Å². The molecule has 1 aliphatic heterocycles. The topological polar surface area (TPSA) is 91.6 Å². The molecule has 33 heavy (non-hydrogen) atoms. The van der Waals surface area contributed by atoms with Gasteiger partial charge in [0.05, 0.1) is 19.8 Å². The first-order valence-electron chi connectivity index (χ1n) is 10.8. The predicted octanol–water partition coefficient (Wildman–Crippen LogP) is 3.06. The summed E-state index contributed by atoms with van der Waals surface area (Å²) in [6.45, 7) is 1.88. The summed E-state index contributed by atoms with van der Waals surface area (Å²) in [5.74, 6) is 1.47. The molecule has 0 fully saturated rings. The van der Waals surface area contributed by atoms with E-state index >= 15 is 0 Å². The minimum atomic E-state index is -0.125. The van der Waals surface area contributed by atoms with Gasteiger partial charge in [0.2, 0.25) is 11.8 Å². The Morgan fingerprint density at radius 2 is 1.64 bits per heavy atom. The standard InChI is InChI=1S/C24H23N5O4/c30-23(17-29-26-19-7-1-2-8-20(19)27-29)28-12-13-31-14-15-32-21-9-3-4-10-22(21)33-24-18(16-28)6-5-11-25-24/h1-11H,12-17H2. The number of amides is 1. The van der Waals surface area contributed by atoms with Crippen LogP contribution in [-0.2, 0) is 22.6 Å². The number of carbonyl (C=O) groups excluding carboxylic acids is 1. The maximum Gasteiger partial charge on any atom is 0.246 e. The highest BCUT2D eigenvalue weighted by Crippen LogP contribution is 2.32. The number of ether oxygens (including phenoxy) is 3. The Hall–Kier alpha value is -3.98. The maximum atomic E-state index is 13.2. The normalized spacial score (nSPS) is 14.6. The third kappa shape index (κ3) is 4.93. The van der Waals surface area contributed by atoms with E-state index in [0.717, 1.165) is 16.6 Å². The van der Waals surface area contributed by atoms with Crippen LogP contribution in [0.3, 0.4) is 0 Å². The molecule has 9 heteroatoms. The molecule has 0 spiro atoms. The van der Waals surface area contributed by atoms with Crippen molar-refractivity contribution in [3.05, 3.63) is 72.4 Å². The van der Waals surface area contributed by atoms with E-state index in [1.165, 1.54) is 4.80 Å². The Kier molecular flexibility index (Phi) is 6.12. The number of rotatable bonds is 2. The molecule has 3 heterocycles. The molecule has 9 nitrogen and oxygen atoms in total. The SMILES string of the molecule is O=C(Cn1nc2ccccc2n1)N1CCOCCOc2ccccc2Oc2ncccc2C1. The average Bonchev–Trinajstić information content (AvgIpc) is 3.24. The van der Waals surface area contributed by atoms with Crippen LogP contribution in [0.4, 0.5) is 0 Å². The van der Waals surface area contributed by atoms with E-state index in [1.54, 1.807) is 11.1 Å². The second kappa shape index (κ2) is 9.66. The van der Waals surface area contributed by atoms with Crippen LogP contribution in [-0.4, -0.2) is 57.2 Å². The Morgan fingerprint density at radius 1 is 0.879 bits per heavy atom. The minimum Gasteiger partial charge on any atom is -0.487 e. The van der Waals surface area contributed by atoms with E-state index in [2.05, 4.69) is 15.2 Å². The molecular weight excluding hydrogens is 422 g/mol. The van der Waals surface area contributed by atoms with Crippen molar-refractivity contribution in [3.63, 3.8) is 0 Å². The Morgan fingerprint density at radius 3 is 2.45 bits per heavy atom. The molecular formula is C24H23N5O4. The van der Waals surface area contributed by atoms with Crippen molar-refractivity contribution in [2.24, 2.45) is 0 Å². The second-order valence-electron chi connectivity index (χ2n) is 7.51. The molecule has 0 saturated carbocycles. The van der Waals surface area contributed by atoms with Gasteiger partial charge in [0, 0.05) is 18.3 Å². The van der Waals surface area contributed by atoms with Gasteiger partial charge in [-0.25, -0.2) is 4.98 Å². The summed E-state index contributed by atoms with van der Waals surface area (Å²) < 4.78 is 17.6. The number of fused-ring (bicyclic) bond motifs is 3. The van der Waals surface area contributed by atoms with Gasteiger partial charge in [-0.05, 0) is 30.3 Å². The third-order valence-electron chi connectivity index (χ3n) is 5.22. The molecule has 1 amide bonds. The molecule has 0 atom stereocenters. The Labute approximate surface area is 190 Å². The number of para-hydroxylation sites is 2. The molecule has 0 unspecified atom stereocenters. The molecule has 2 aromatic carbocycles. The number of aromatic nitrogens is 4. The van der Waals surface area contributed by atoms with Crippen LogP contribution in [0.15, 0.2) is 66.9 Å². The van der Waals surface area contributed by atoms with Crippen molar-refractivity contribution in [1.82, 2.24) is 24.9 Å². The van der Waals surface area contributed by atoms with Crippen LogP contribution in [0.2, 0.25) is 0 Å². The third-order valence-corrected chi connectivity index (χ3v) is 5.22. The maximum absolute atomic E-state index is 13.2. The number of nitrogens with zero attached hydrogens (tertiary/aromatic N) is 5. The molecule has 0 N–H and O–H groups in total. The lowest BCUT2D eigenvalue weighted by atomic mass is 10.2. The molecule has 0 aliphatic carbocycles. The summed E-state index contributed by atoms with van der Waals surface area (Å²) in [4.78, 5) is 20.8. The fraction of sp³-hybridized carbons (Fsp3) is 0.250. The second-order valence-corrected chi connectivity index (χ2v) is 7.51. The van der Waals surface area contributed by atoms with Crippen LogP contribution in [0.5, 0.6) is 17.4 Å². The summed E-state index contributed by atoms with van der Waals surface area (Å²) in [5.41, 5.74) is 2.28. The van der Waals surface area contributed by atoms with Crippen molar-refractivity contribution in [3.8, 4) is 17.4 Å². The highest BCUT2D eigenvalue weighted by Gasteiger charge is 2.20. The summed E-state index contributed by atoms with van der Waals surface area (Å²) in [5, 5.41) is 8.81. The van der Waals surface area contributed by atoms with Gasteiger partial charge in [0.1, 0.15) is 24.2 Å². The van der Waals surface area contributed by atoms with Gasteiger partial charge in [0.15, 0.2) is 11.5 Å². The fourth-order valence-corrected chi connectivity index (χ4v) is 3.58. The summed E-state index contributed by atoms with van der Waals surface area (Å²) in [6, 6.07) is 18.7. The van der Waals surface area contributed by atoms with Crippen molar-refractivity contribution >= 4 is 16.9 Å². The van der Waals surface area contributed by atoms with E-state index in [-0.39, 0.29) is 12.5 Å². The van der Waals surface area contributed by atoms with E-state index in [4.69, 9.17) is 14.2 Å². The number of pyridine rings is 1. The van der Waals surface area contributed by atoms with Crippen LogP contribution in [0.1, 0.15) is 5.56 Å². The Balaban J connectivity index is 1.40. The van der Waals surface area contributed by atoms with Gasteiger partial charge in [-0.3, -0.25) is 4.79 Å². The lowest BCUT2D eigenvalue weighted by Crippen LogP contribution is -2.36. The van der Waals surface area contributed by atoms with Crippen LogP contribution in [0, 0.1) is 0 Å². The molecule has 4 aromatic rings. The zero-order chi connectivity index (χ0) is 22.5. The van der Waals surface area contributed by atoms with Crippen molar-refractivity contribution in [2.45, 2.75) is 13.1 Å². The zero-order valence-corrected chi connectivity index (χ0v) is 18.0. The summed E-state index contributed by atoms with van der Waals surface area (Å²) >= 11 is 0. The van der Waals surface area contributed by atoms with Crippen molar-refractivity contribution < 1.29 is 19.0 Å². The largest absolute Gasteiger partial charge is 0.487 e. The van der Waals surface area contributed by atoms with Gasteiger partial charge >= 0.3 is 0 Å². The summed E-state index contributed by atoms with van der Waals surface area (Å²) in [6.07, 6.45) is 1.66. The number of carbonyl (C=O) groups is 1. The van der Waals surface area contributed by atoms with Crippen LogP contribution < -0.4 is 9.47 Å². The fourth-order valence-electron chi connectivity index (χ4n) is 3.58. The van der Waals surface area contributed by atoms with Gasteiger partial charge in [-0.1, -0.05) is 30.3 Å². The number of hydrogen-bond donors (Lipinski definition) is 0. The highest BCUT2D eigenvalue weighted by molar-refractivity contribution is 5.77. The molecule has 5 rings (SSSR count).